The zero-order chi connectivity index (χ0) is 12.3. The lowest BCUT2D eigenvalue weighted by Gasteiger charge is -2.11. The summed E-state index contributed by atoms with van der Waals surface area (Å²) in [5.74, 6) is 0.731. The average molecular weight is 247 g/mol. The third-order valence-electron chi connectivity index (χ3n) is 2.50. The van der Waals surface area contributed by atoms with Gasteiger partial charge in [-0.25, -0.2) is 0 Å². The smallest absolute Gasteiger partial charge is 0.127 e. The first-order valence-electron chi connectivity index (χ1n) is 5.29. The van der Waals surface area contributed by atoms with Crippen LogP contribution >= 0.6 is 12.2 Å². The number of fused-ring (bicyclic) bond motifs is 1. The molecule has 0 bridgehead atoms. The van der Waals surface area contributed by atoms with E-state index in [-0.39, 0.29) is 13.2 Å². The highest BCUT2D eigenvalue weighted by molar-refractivity contribution is 7.80. The van der Waals surface area contributed by atoms with Crippen LogP contribution < -0.4 is 10.5 Å². The van der Waals surface area contributed by atoms with Gasteiger partial charge >= 0.3 is 0 Å². The minimum absolute atomic E-state index is 0.00855. The summed E-state index contributed by atoms with van der Waals surface area (Å²) in [4.78, 5) is 0.370. The van der Waals surface area contributed by atoms with Crippen molar-refractivity contribution in [2.24, 2.45) is 5.73 Å². The number of nitrogens with two attached hydrogens (primary N) is 1. The maximum absolute atomic E-state index is 8.78. The van der Waals surface area contributed by atoms with Gasteiger partial charge < -0.3 is 15.6 Å². The molecule has 2 aromatic rings. The van der Waals surface area contributed by atoms with Gasteiger partial charge in [-0.1, -0.05) is 36.5 Å². The standard InChI is InChI=1S/C13H13NO2S/c14-13(17)11-5-6-12(16-8-7-15)10-4-2-1-3-9(10)11/h1-6,15H,7-8H2,(H2,14,17). The van der Waals surface area contributed by atoms with Gasteiger partial charge in [-0.2, -0.15) is 0 Å². The molecule has 4 heteroatoms. The van der Waals surface area contributed by atoms with Gasteiger partial charge in [0.25, 0.3) is 0 Å². The Hall–Kier alpha value is -1.65. The lowest BCUT2D eigenvalue weighted by atomic mass is 10.0. The van der Waals surface area contributed by atoms with Crippen LogP contribution in [0.25, 0.3) is 10.8 Å². The number of rotatable bonds is 4. The summed E-state index contributed by atoms with van der Waals surface area (Å²) >= 11 is 5.02. The second-order valence-corrected chi connectivity index (χ2v) is 4.03. The summed E-state index contributed by atoms with van der Waals surface area (Å²) in [5, 5.41) is 10.7. The van der Waals surface area contributed by atoms with E-state index < -0.39 is 0 Å². The van der Waals surface area contributed by atoms with E-state index in [1.54, 1.807) is 0 Å². The largest absolute Gasteiger partial charge is 0.491 e. The predicted octanol–water partition coefficient (Wildman–Crippen LogP) is 1.85. The lowest BCUT2D eigenvalue weighted by molar-refractivity contribution is 0.203. The van der Waals surface area contributed by atoms with Crippen LogP contribution in [0.3, 0.4) is 0 Å². The highest BCUT2D eigenvalue weighted by Crippen LogP contribution is 2.28. The maximum atomic E-state index is 8.78. The molecule has 0 amide bonds. The van der Waals surface area contributed by atoms with E-state index in [1.807, 2.05) is 36.4 Å². The van der Waals surface area contributed by atoms with E-state index in [1.165, 1.54) is 0 Å². The van der Waals surface area contributed by atoms with Gasteiger partial charge in [0, 0.05) is 10.9 Å². The molecule has 0 spiro atoms. The molecule has 88 valence electrons. The van der Waals surface area contributed by atoms with Gasteiger partial charge in [0.15, 0.2) is 0 Å². The van der Waals surface area contributed by atoms with Crippen LogP contribution in [0.5, 0.6) is 5.75 Å². The van der Waals surface area contributed by atoms with Gasteiger partial charge in [0.2, 0.25) is 0 Å². The number of ether oxygens (including phenoxy) is 1. The van der Waals surface area contributed by atoms with Crippen molar-refractivity contribution in [2.45, 2.75) is 0 Å². The Kier molecular flexibility index (Phi) is 3.56. The van der Waals surface area contributed by atoms with Gasteiger partial charge in [0.1, 0.15) is 17.3 Å². The number of benzene rings is 2. The molecule has 0 radical (unpaired) electrons. The fourth-order valence-electron chi connectivity index (χ4n) is 1.77. The SMILES string of the molecule is NC(=S)c1ccc(OCCO)c2ccccc12. The van der Waals surface area contributed by atoms with Gasteiger partial charge in [-0.05, 0) is 17.5 Å². The van der Waals surface area contributed by atoms with Gasteiger partial charge in [-0.3, -0.25) is 0 Å². The Morgan fingerprint density at radius 3 is 2.53 bits per heavy atom. The summed E-state index contributed by atoms with van der Waals surface area (Å²) in [6, 6.07) is 11.4. The van der Waals surface area contributed by atoms with Crippen LogP contribution in [0, 0.1) is 0 Å². The summed E-state index contributed by atoms with van der Waals surface area (Å²) in [5.41, 5.74) is 6.52. The lowest BCUT2D eigenvalue weighted by Crippen LogP contribution is -2.10. The molecule has 3 N–H and O–H groups in total. The number of aliphatic hydroxyl groups excluding tert-OH is 1. The summed E-state index contributed by atoms with van der Waals surface area (Å²) in [6.45, 7) is 0.266. The van der Waals surface area contributed by atoms with Crippen LogP contribution in [-0.2, 0) is 0 Å². The second-order valence-electron chi connectivity index (χ2n) is 3.59. The highest BCUT2D eigenvalue weighted by atomic mass is 32.1. The molecular formula is C13H13NO2S. The van der Waals surface area contributed by atoms with Gasteiger partial charge in [-0.15, -0.1) is 0 Å². The molecule has 0 saturated carbocycles. The number of aliphatic hydroxyl groups is 1. The molecule has 17 heavy (non-hydrogen) atoms. The molecule has 0 aromatic heterocycles. The van der Waals surface area contributed by atoms with Crippen molar-refractivity contribution in [3.63, 3.8) is 0 Å². The van der Waals surface area contributed by atoms with E-state index in [0.717, 1.165) is 22.1 Å². The third kappa shape index (κ3) is 2.38. The fourth-order valence-corrected chi connectivity index (χ4v) is 1.95. The normalized spacial score (nSPS) is 10.4. The number of hydrogen-bond acceptors (Lipinski definition) is 3. The number of hydrogen-bond donors (Lipinski definition) is 2. The van der Waals surface area contributed by atoms with Crippen molar-refractivity contribution < 1.29 is 9.84 Å². The van der Waals surface area contributed by atoms with E-state index in [0.29, 0.717) is 4.99 Å². The van der Waals surface area contributed by atoms with Crippen LogP contribution in [0.15, 0.2) is 36.4 Å². The highest BCUT2D eigenvalue weighted by Gasteiger charge is 2.07. The first kappa shape index (κ1) is 11.8. The molecule has 0 aliphatic carbocycles. The van der Waals surface area contributed by atoms with Crippen molar-refractivity contribution >= 4 is 28.0 Å². The first-order chi connectivity index (χ1) is 8.24. The Labute approximate surface area is 105 Å². The molecular weight excluding hydrogens is 234 g/mol. The zero-order valence-electron chi connectivity index (χ0n) is 9.22. The second kappa shape index (κ2) is 5.12. The maximum Gasteiger partial charge on any atom is 0.127 e. The van der Waals surface area contributed by atoms with Crippen molar-refractivity contribution in [1.29, 1.82) is 0 Å². The molecule has 0 aliphatic rings. The summed E-state index contributed by atoms with van der Waals surface area (Å²) < 4.78 is 5.47. The average Bonchev–Trinajstić information content (AvgIpc) is 2.35. The minimum atomic E-state index is -0.00855. The van der Waals surface area contributed by atoms with Crippen LogP contribution in [-0.4, -0.2) is 23.3 Å². The minimum Gasteiger partial charge on any atom is -0.491 e. The Balaban J connectivity index is 2.58. The van der Waals surface area contributed by atoms with Crippen molar-refractivity contribution in [2.75, 3.05) is 13.2 Å². The number of thiocarbonyl (C=S) groups is 1. The molecule has 0 fully saturated rings. The molecule has 0 atom stereocenters. The van der Waals surface area contributed by atoms with Crippen LogP contribution in [0.1, 0.15) is 5.56 Å². The van der Waals surface area contributed by atoms with Crippen LogP contribution in [0.4, 0.5) is 0 Å². The zero-order valence-corrected chi connectivity index (χ0v) is 10.0. The molecule has 0 heterocycles. The molecule has 2 aromatic carbocycles. The van der Waals surface area contributed by atoms with E-state index in [9.17, 15) is 0 Å². The molecule has 0 saturated heterocycles. The van der Waals surface area contributed by atoms with Crippen molar-refractivity contribution in [1.82, 2.24) is 0 Å². The Bertz CT molecular complexity index is 554. The Morgan fingerprint density at radius 1 is 1.18 bits per heavy atom. The quantitative estimate of drug-likeness (QED) is 0.810. The monoisotopic (exact) mass is 247 g/mol. The molecule has 3 nitrogen and oxygen atoms in total. The topological polar surface area (TPSA) is 55.5 Å². The van der Waals surface area contributed by atoms with Gasteiger partial charge in [0.05, 0.1) is 6.61 Å². The van der Waals surface area contributed by atoms with E-state index >= 15 is 0 Å². The fraction of sp³-hybridized carbons (Fsp3) is 0.154. The molecule has 0 unspecified atom stereocenters. The summed E-state index contributed by atoms with van der Waals surface area (Å²) in [7, 11) is 0. The first-order valence-corrected chi connectivity index (χ1v) is 5.70. The Morgan fingerprint density at radius 2 is 1.88 bits per heavy atom. The third-order valence-corrected chi connectivity index (χ3v) is 2.72. The van der Waals surface area contributed by atoms with Crippen molar-refractivity contribution in [3.05, 3.63) is 42.0 Å². The van der Waals surface area contributed by atoms with Crippen LogP contribution in [0.2, 0.25) is 0 Å². The molecule has 0 aliphatic heterocycles. The molecule has 2 rings (SSSR count). The van der Waals surface area contributed by atoms with E-state index in [2.05, 4.69) is 0 Å². The summed E-state index contributed by atoms with van der Waals surface area (Å²) in [6.07, 6.45) is 0. The van der Waals surface area contributed by atoms with E-state index in [4.69, 9.17) is 27.8 Å². The van der Waals surface area contributed by atoms with Crippen molar-refractivity contribution in [3.8, 4) is 5.75 Å². The predicted molar refractivity (Wildman–Crippen MR) is 72.4 cm³/mol.